The molecule has 1 atom stereocenters. The first-order chi connectivity index (χ1) is 6.06. The van der Waals surface area contributed by atoms with Crippen LogP contribution in [0.5, 0.6) is 0 Å². The second kappa shape index (κ2) is 7.14. The van der Waals surface area contributed by atoms with E-state index >= 15 is 0 Å². The number of hydrogen-bond donors (Lipinski definition) is 1. The van der Waals surface area contributed by atoms with Crippen molar-refractivity contribution in [2.45, 2.75) is 53.0 Å². The fourth-order valence-corrected chi connectivity index (χ4v) is 1.58. The first kappa shape index (κ1) is 12.7. The summed E-state index contributed by atoms with van der Waals surface area (Å²) >= 11 is 0. The van der Waals surface area contributed by atoms with Crippen molar-refractivity contribution in [3.8, 4) is 0 Å². The van der Waals surface area contributed by atoms with Crippen LogP contribution in [0.25, 0.3) is 0 Å². The molecule has 1 heteroatoms. The molecular weight excluding hydrogens is 158 g/mol. The van der Waals surface area contributed by atoms with E-state index in [1.54, 1.807) is 0 Å². The lowest BCUT2D eigenvalue weighted by molar-refractivity contribution is 0.405. The van der Waals surface area contributed by atoms with Crippen LogP contribution < -0.4 is 5.32 Å². The normalized spacial score (nSPS) is 13.3. The summed E-state index contributed by atoms with van der Waals surface area (Å²) in [6, 6.07) is 0.682. The molecule has 0 saturated carbocycles. The van der Waals surface area contributed by atoms with E-state index in [9.17, 15) is 0 Å². The van der Waals surface area contributed by atoms with Gasteiger partial charge in [0.1, 0.15) is 0 Å². The van der Waals surface area contributed by atoms with Gasteiger partial charge in [0.25, 0.3) is 0 Å². The second-order valence-electron chi connectivity index (χ2n) is 4.38. The number of hydrogen-bond acceptors (Lipinski definition) is 1. The number of allylic oxidation sites excluding steroid dienone is 1. The lowest BCUT2D eigenvalue weighted by Crippen LogP contribution is -2.30. The average Bonchev–Trinajstić information content (AvgIpc) is 1.99. The van der Waals surface area contributed by atoms with Gasteiger partial charge in [-0.05, 0) is 38.6 Å². The maximum absolute atomic E-state index is 3.94. The van der Waals surface area contributed by atoms with Gasteiger partial charge in [-0.2, -0.15) is 0 Å². The summed E-state index contributed by atoms with van der Waals surface area (Å²) in [6.07, 6.45) is 3.67. The Bertz CT molecular complexity index is 138. The molecule has 0 aromatic rings. The maximum Gasteiger partial charge on any atom is 0.00724 e. The lowest BCUT2D eigenvalue weighted by Gasteiger charge is -2.19. The molecule has 0 fully saturated rings. The molecule has 0 spiro atoms. The summed E-state index contributed by atoms with van der Waals surface area (Å²) in [5, 5.41) is 3.53. The minimum Gasteiger partial charge on any atom is -0.314 e. The molecule has 0 aliphatic carbocycles. The van der Waals surface area contributed by atoms with Crippen LogP contribution in [-0.4, -0.2) is 12.6 Å². The van der Waals surface area contributed by atoms with Gasteiger partial charge in [0.05, 0.1) is 0 Å². The van der Waals surface area contributed by atoms with Crippen molar-refractivity contribution in [3.05, 3.63) is 12.2 Å². The summed E-state index contributed by atoms with van der Waals surface area (Å²) in [5.74, 6) is 0.786. The third-order valence-corrected chi connectivity index (χ3v) is 2.17. The van der Waals surface area contributed by atoms with E-state index in [1.807, 2.05) is 0 Å². The first-order valence-corrected chi connectivity index (χ1v) is 5.44. The zero-order valence-electron chi connectivity index (χ0n) is 9.69. The van der Waals surface area contributed by atoms with Crippen molar-refractivity contribution in [1.82, 2.24) is 5.32 Å². The fourth-order valence-electron chi connectivity index (χ4n) is 1.58. The molecule has 0 bridgehead atoms. The smallest absolute Gasteiger partial charge is 0.00724 e. The topological polar surface area (TPSA) is 12.0 Å². The van der Waals surface area contributed by atoms with E-state index in [1.165, 1.54) is 18.4 Å². The Balaban J connectivity index is 3.72. The third-order valence-electron chi connectivity index (χ3n) is 2.17. The van der Waals surface area contributed by atoms with Gasteiger partial charge in [0, 0.05) is 6.04 Å². The molecular formula is C12H25N. The Hall–Kier alpha value is -0.300. The van der Waals surface area contributed by atoms with Crippen LogP contribution in [0.2, 0.25) is 0 Å². The van der Waals surface area contributed by atoms with E-state index in [2.05, 4.69) is 39.6 Å². The van der Waals surface area contributed by atoms with Crippen molar-refractivity contribution < 1.29 is 0 Å². The summed E-state index contributed by atoms with van der Waals surface area (Å²) in [5.41, 5.74) is 1.30. The average molecular weight is 183 g/mol. The van der Waals surface area contributed by atoms with Crippen molar-refractivity contribution in [2.75, 3.05) is 6.54 Å². The number of nitrogens with one attached hydrogen (secondary N) is 1. The van der Waals surface area contributed by atoms with Crippen molar-refractivity contribution >= 4 is 0 Å². The Kier molecular flexibility index (Phi) is 6.97. The molecule has 0 aliphatic rings. The summed E-state index contributed by atoms with van der Waals surface area (Å²) in [4.78, 5) is 0. The quantitative estimate of drug-likeness (QED) is 0.597. The van der Waals surface area contributed by atoms with Crippen LogP contribution in [0, 0.1) is 5.92 Å². The Morgan fingerprint density at radius 2 is 2.00 bits per heavy atom. The zero-order chi connectivity index (χ0) is 10.3. The van der Waals surface area contributed by atoms with Crippen LogP contribution in [0.4, 0.5) is 0 Å². The highest BCUT2D eigenvalue weighted by atomic mass is 14.9. The van der Waals surface area contributed by atoms with E-state index in [4.69, 9.17) is 0 Å². The second-order valence-corrected chi connectivity index (χ2v) is 4.38. The summed E-state index contributed by atoms with van der Waals surface area (Å²) in [6.45, 7) is 13.9. The Morgan fingerprint density at radius 1 is 1.38 bits per heavy atom. The fraction of sp³-hybridized carbons (Fsp3) is 0.833. The monoisotopic (exact) mass is 183 g/mol. The molecule has 0 aromatic heterocycles. The Morgan fingerprint density at radius 3 is 2.38 bits per heavy atom. The van der Waals surface area contributed by atoms with Gasteiger partial charge in [0.15, 0.2) is 0 Å². The minimum absolute atomic E-state index is 0.682. The molecule has 1 unspecified atom stereocenters. The van der Waals surface area contributed by atoms with Gasteiger partial charge < -0.3 is 5.32 Å². The molecule has 0 amide bonds. The van der Waals surface area contributed by atoms with E-state index < -0.39 is 0 Å². The predicted octanol–water partition coefficient (Wildman–Crippen LogP) is 3.37. The van der Waals surface area contributed by atoms with Gasteiger partial charge >= 0.3 is 0 Å². The highest BCUT2D eigenvalue weighted by molar-refractivity contribution is 4.89. The third kappa shape index (κ3) is 8.04. The van der Waals surface area contributed by atoms with Crippen molar-refractivity contribution in [3.63, 3.8) is 0 Å². The molecule has 0 heterocycles. The number of rotatable bonds is 7. The molecule has 1 nitrogen and oxygen atoms in total. The SMILES string of the molecule is C=C(C)CCC(CC(C)C)NCC. The van der Waals surface area contributed by atoms with E-state index in [-0.39, 0.29) is 0 Å². The highest BCUT2D eigenvalue weighted by Gasteiger charge is 2.08. The molecule has 0 aliphatic heterocycles. The van der Waals surface area contributed by atoms with E-state index in [0.717, 1.165) is 18.9 Å². The molecule has 1 N–H and O–H groups in total. The van der Waals surface area contributed by atoms with Crippen LogP contribution in [0.3, 0.4) is 0 Å². The van der Waals surface area contributed by atoms with Crippen LogP contribution in [0.1, 0.15) is 47.0 Å². The largest absolute Gasteiger partial charge is 0.314 e. The van der Waals surface area contributed by atoms with Gasteiger partial charge in [-0.25, -0.2) is 0 Å². The van der Waals surface area contributed by atoms with Crippen LogP contribution in [0.15, 0.2) is 12.2 Å². The predicted molar refractivity (Wildman–Crippen MR) is 61.0 cm³/mol. The molecule has 78 valence electrons. The minimum atomic E-state index is 0.682. The van der Waals surface area contributed by atoms with Crippen LogP contribution >= 0.6 is 0 Å². The summed E-state index contributed by atoms with van der Waals surface area (Å²) < 4.78 is 0. The van der Waals surface area contributed by atoms with Gasteiger partial charge in [0.2, 0.25) is 0 Å². The molecule has 0 radical (unpaired) electrons. The Labute approximate surface area is 83.6 Å². The molecule has 13 heavy (non-hydrogen) atoms. The lowest BCUT2D eigenvalue weighted by atomic mass is 9.98. The highest BCUT2D eigenvalue weighted by Crippen LogP contribution is 2.12. The molecule has 0 aromatic carbocycles. The van der Waals surface area contributed by atoms with Crippen molar-refractivity contribution in [2.24, 2.45) is 5.92 Å². The van der Waals surface area contributed by atoms with Crippen LogP contribution in [-0.2, 0) is 0 Å². The first-order valence-electron chi connectivity index (χ1n) is 5.44. The van der Waals surface area contributed by atoms with E-state index in [0.29, 0.717) is 6.04 Å². The maximum atomic E-state index is 3.94. The zero-order valence-corrected chi connectivity index (χ0v) is 9.69. The van der Waals surface area contributed by atoms with Gasteiger partial charge in [-0.1, -0.05) is 26.3 Å². The summed E-state index contributed by atoms with van der Waals surface area (Å²) in [7, 11) is 0. The van der Waals surface area contributed by atoms with Crippen molar-refractivity contribution in [1.29, 1.82) is 0 Å². The molecule has 0 saturated heterocycles. The van der Waals surface area contributed by atoms with Gasteiger partial charge in [-0.15, -0.1) is 6.58 Å². The standard InChI is InChI=1S/C12H25N/c1-6-13-12(9-11(4)5)8-7-10(2)3/h11-13H,2,6-9H2,1,3-5H3. The van der Waals surface area contributed by atoms with Gasteiger partial charge in [-0.3, -0.25) is 0 Å². The molecule has 0 rings (SSSR count).